The van der Waals surface area contributed by atoms with Crippen LogP contribution in [0.2, 0.25) is 0 Å². The lowest BCUT2D eigenvalue weighted by molar-refractivity contribution is 0.282. The van der Waals surface area contributed by atoms with E-state index in [1.807, 2.05) is 6.07 Å². The van der Waals surface area contributed by atoms with E-state index in [9.17, 15) is 0 Å². The molecule has 2 aromatic rings. The fourth-order valence-corrected chi connectivity index (χ4v) is 4.32. The minimum Gasteiger partial charge on any atom is -0.497 e. The molecule has 1 aromatic heterocycles. The van der Waals surface area contributed by atoms with Crippen molar-refractivity contribution < 1.29 is 9.47 Å². The van der Waals surface area contributed by atoms with Crippen molar-refractivity contribution in [2.24, 2.45) is 5.92 Å². The third-order valence-corrected chi connectivity index (χ3v) is 5.64. The monoisotopic (exact) mass is 350 g/mol. The van der Waals surface area contributed by atoms with Crippen molar-refractivity contribution in [2.45, 2.75) is 37.8 Å². The first kappa shape index (κ1) is 17.1. The number of rotatable bonds is 4. The van der Waals surface area contributed by atoms with E-state index in [4.69, 9.17) is 9.47 Å². The van der Waals surface area contributed by atoms with E-state index < -0.39 is 0 Å². The molecule has 4 rings (SSSR count). The summed E-state index contributed by atoms with van der Waals surface area (Å²) in [4.78, 5) is 4.40. The van der Waals surface area contributed by atoms with Gasteiger partial charge in [-0.1, -0.05) is 24.3 Å². The molecule has 0 amide bonds. The van der Waals surface area contributed by atoms with E-state index in [1.165, 1.54) is 17.5 Å². The third kappa shape index (κ3) is 3.21. The fraction of sp³-hybridized carbons (Fsp3) is 0.409. The predicted molar refractivity (Wildman–Crippen MR) is 103 cm³/mol. The van der Waals surface area contributed by atoms with Gasteiger partial charge in [0, 0.05) is 23.8 Å². The SMILES string of the molecule is COc1ccc2c(c1)C[C@@H](c1cccnc1OC)N[C@H]2C1CC=CCC1. The molecule has 26 heavy (non-hydrogen) atoms. The maximum atomic E-state index is 5.53. The Morgan fingerprint density at radius 2 is 2.00 bits per heavy atom. The number of benzene rings is 1. The molecule has 0 bridgehead atoms. The Kier molecular flexibility index (Phi) is 4.93. The second-order valence-electron chi connectivity index (χ2n) is 7.11. The summed E-state index contributed by atoms with van der Waals surface area (Å²) in [6, 6.07) is 11.1. The summed E-state index contributed by atoms with van der Waals surface area (Å²) in [6.07, 6.45) is 10.8. The van der Waals surface area contributed by atoms with E-state index >= 15 is 0 Å². The third-order valence-electron chi connectivity index (χ3n) is 5.64. The highest BCUT2D eigenvalue weighted by molar-refractivity contribution is 5.43. The smallest absolute Gasteiger partial charge is 0.217 e. The molecule has 0 saturated carbocycles. The van der Waals surface area contributed by atoms with Gasteiger partial charge < -0.3 is 14.8 Å². The summed E-state index contributed by atoms with van der Waals surface area (Å²) < 4.78 is 11.0. The normalized spacial score (nSPS) is 24.8. The van der Waals surface area contributed by atoms with E-state index in [-0.39, 0.29) is 6.04 Å². The zero-order valence-corrected chi connectivity index (χ0v) is 15.4. The molecule has 2 heterocycles. The van der Waals surface area contributed by atoms with Gasteiger partial charge in [-0.2, -0.15) is 0 Å². The minimum absolute atomic E-state index is 0.189. The predicted octanol–water partition coefficient (Wildman–Crippen LogP) is 4.38. The fourth-order valence-electron chi connectivity index (χ4n) is 4.32. The molecule has 136 valence electrons. The number of nitrogens with zero attached hydrogens (tertiary/aromatic N) is 1. The zero-order chi connectivity index (χ0) is 17.9. The van der Waals surface area contributed by atoms with Crippen LogP contribution in [0.3, 0.4) is 0 Å². The average molecular weight is 350 g/mol. The summed E-state index contributed by atoms with van der Waals surface area (Å²) in [7, 11) is 3.42. The highest BCUT2D eigenvalue weighted by Gasteiger charge is 2.33. The van der Waals surface area contributed by atoms with Crippen LogP contribution in [-0.2, 0) is 6.42 Å². The van der Waals surface area contributed by atoms with Crippen LogP contribution in [0.1, 0.15) is 48.0 Å². The van der Waals surface area contributed by atoms with Gasteiger partial charge in [-0.05, 0) is 60.9 Å². The van der Waals surface area contributed by atoms with Crippen molar-refractivity contribution in [3.63, 3.8) is 0 Å². The highest BCUT2D eigenvalue weighted by Crippen LogP contribution is 2.42. The molecule has 1 N–H and O–H groups in total. The number of fused-ring (bicyclic) bond motifs is 1. The molecule has 4 heteroatoms. The Balaban J connectivity index is 1.73. The Morgan fingerprint density at radius 3 is 2.77 bits per heavy atom. The van der Waals surface area contributed by atoms with Crippen molar-refractivity contribution in [1.82, 2.24) is 10.3 Å². The van der Waals surface area contributed by atoms with Crippen molar-refractivity contribution >= 4 is 0 Å². The molecular weight excluding hydrogens is 324 g/mol. The first-order valence-corrected chi connectivity index (χ1v) is 9.37. The Labute approximate surface area is 155 Å². The van der Waals surface area contributed by atoms with Gasteiger partial charge in [0.15, 0.2) is 0 Å². The number of aromatic nitrogens is 1. The van der Waals surface area contributed by atoms with E-state index in [1.54, 1.807) is 20.4 Å². The van der Waals surface area contributed by atoms with Crippen LogP contribution in [-0.4, -0.2) is 19.2 Å². The number of hydrogen-bond acceptors (Lipinski definition) is 4. The maximum absolute atomic E-state index is 5.53. The molecule has 0 radical (unpaired) electrons. The minimum atomic E-state index is 0.189. The average Bonchev–Trinajstić information content (AvgIpc) is 2.73. The molecule has 3 atom stereocenters. The molecule has 0 fully saturated rings. The summed E-state index contributed by atoms with van der Waals surface area (Å²) in [5.41, 5.74) is 3.89. The van der Waals surface area contributed by atoms with Gasteiger partial charge in [0.05, 0.1) is 14.2 Å². The number of nitrogens with one attached hydrogen (secondary N) is 1. The summed E-state index contributed by atoms with van der Waals surface area (Å²) in [5, 5.41) is 3.91. The second-order valence-corrected chi connectivity index (χ2v) is 7.11. The van der Waals surface area contributed by atoms with Crippen LogP contribution in [0.4, 0.5) is 0 Å². The van der Waals surface area contributed by atoms with Gasteiger partial charge in [-0.3, -0.25) is 0 Å². The number of ether oxygens (including phenoxy) is 2. The van der Waals surface area contributed by atoms with Gasteiger partial charge in [0.1, 0.15) is 5.75 Å². The lowest BCUT2D eigenvalue weighted by Gasteiger charge is -2.39. The first-order valence-electron chi connectivity index (χ1n) is 9.37. The molecule has 0 saturated heterocycles. The van der Waals surface area contributed by atoms with Crippen LogP contribution in [0, 0.1) is 5.92 Å². The number of methoxy groups -OCH3 is 2. The molecule has 1 aliphatic carbocycles. The Morgan fingerprint density at radius 1 is 1.08 bits per heavy atom. The van der Waals surface area contributed by atoms with E-state index in [0.29, 0.717) is 17.8 Å². The largest absolute Gasteiger partial charge is 0.497 e. The summed E-state index contributed by atoms with van der Waals surface area (Å²) in [5.74, 6) is 2.24. The molecule has 1 aliphatic heterocycles. The number of pyridine rings is 1. The Hall–Kier alpha value is -2.33. The standard InChI is InChI=1S/C22H26N2O2/c1-25-17-10-11-18-16(13-17)14-20(19-9-6-12-23-22(19)26-2)24-21(18)15-7-4-3-5-8-15/h3-4,6,9-13,15,20-21,24H,5,7-8,14H2,1-2H3/t15?,20-,21-/m0/s1. The summed E-state index contributed by atoms with van der Waals surface area (Å²) in [6.45, 7) is 0. The van der Waals surface area contributed by atoms with E-state index in [2.05, 4.69) is 46.7 Å². The van der Waals surface area contributed by atoms with Gasteiger partial charge in [0.25, 0.3) is 0 Å². The van der Waals surface area contributed by atoms with Gasteiger partial charge in [0.2, 0.25) is 5.88 Å². The van der Waals surface area contributed by atoms with Crippen molar-refractivity contribution in [3.05, 3.63) is 65.4 Å². The molecular formula is C22H26N2O2. The van der Waals surface area contributed by atoms with Crippen molar-refractivity contribution in [3.8, 4) is 11.6 Å². The van der Waals surface area contributed by atoms with Gasteiger partial charge in [-0.15, -0.1) is 0 Å². The first-order chi connectivity index (χ1) is 12.8. The van der Waals surface area contributed by atoms with E-state index in [0.717, 1.165) is 30.6 Å². The molecule has 4 nitrogen and oxygen atoms in total. The number of allylic oxidation sites excluding steroid dienone is 2. The van der Waals surface area contributed by atoms with Crippen LogP contribution in [0.25, 0.3) is 0 Å². The van der Waals surface area contributed by atoms with Gasteiger partial charge in [-0.25, -0.2) is 4.98 Å². The topological polar surface area (TPSA) is 43.4 Å². The van der Waals surface area contributed by atoms with Crippen molar-refractivity contribution in [2.75, 3.05) is 14.2 Å². The van der Waals surface area contributed by atoms with Gasteiger partial charge >= 0.3 is 0 Å². The zero-order valence-electron chi connectivity index (χ0n) is 15.4. The van der Waals surface area contributed by atoms with Crippen molar-refractivity contribution in [1.29, 1.82) is 0 Å². The van der Waals surface area contributed by atoms with Crippen LogP contribution in [0.5, 0.6) is 11.6 Å². The molecule has 1 aromatic carbocycles. The lowest BCUT2D eigenvalue weighted by Crippen LogP contribution is -2.38. The second kappa shape index (κ2) is 7.50. The van der Waals surface area contributed by atoms with Crippen LogP contribution < -0.4 is 14.8 Å². The Bertz CT molecular complexity index is 802. The van der Waals surface area contributed by atoms with Crippen LogP contribution in [0.15, 0.2) is 48.7 Å². The quantitative estimate of drug-likeness (QED) is 0.831. The maximum Gasteiger partial charge on any atom is 0.217 e. The van der Waals surface area contributed by atoms with Crippen LogP contribution >= 0.6 is 0 Å². The molecule has 1 unspecified atom stereocenters. The summed E-state index contributed by atoms with van der Waals surface area (Å²) >= 11 is 0. The molecule has 0 spiro atoms. The molecule has 2 aliphatic rings. The number of hydrogen-bond donors (Lipinski definition) is 1. The highest BCUT2D eigenvalue weighted by atomic mass is 16.5. The lowest BCUT2D eigenvalue weighted by atomic mass is 9.78.